The maximum Gasteiger partial charge on any atom is 0.191 e. The van der Waals surface area contributed by atoms with Gasteiger partial charge in [-0.25, -0.2) is 0 Å². The predicted octanol–water partition coefficient (Wildman–Crippen LogP) is 3.67. The van der Waals surface area contributed by atoms with Gasteiger partial charge in [0.2, 0.25) is 0 Å². The highest BCUT2D eigenvalue weighted by Crippen LogP contribution is 2.29. The Labute approximate surface area is 167 Å². The summed E-state index contributed by atoms with van der Waals surface area (Å²) in [6.45, 7) is 5.43. The van der Waals surface area contributed by atoms with Crippen LogP contribution in [0.3, 0.4) is 0 Å². The normalized spacial score (nSPS) is 25.0. The van der Waals surface area contributed by atoms with E-state index in [9.17, 15) is 0 Å². The minimum absolute atomic E-state index is 0. The smallest absolute Gasteiger partial charge is 0.191 e. The summed E-state index contributed by atoms with van der Waals surface area (Å²) < 4.78 is 0. The first kappa shape index (κ1) is 19.8. The summed E-state index contributed by atoms with van der Waals surface area (Å²) in [4.78, 5) is 6.91. The second-order valence-corrected chi connectivity index (χ2v) is 7.17. The van der Waals surface area contributed by atoms with Crippen LogP contribution in [0.15, 0.2) is 29.3 Å². The molecule has 1 aliphatic heterocycles. The van der Waals surface area contributed by atoms with Crippen molar-refractivity contribution in [2.75, 3.05) is 26.7 Å². The summed E-state index contributed by atoms with van der Waals surface area (Å²) in [5.74, 6) is 1.67. The molecule has 1 aromatic rings. The topological polar surface area (TPSA) is 39.7 Å². The van der Waals surface area contributed by atoms with Crippen molar-refractivity contribution < 1.29 is 0 Å². The van der Waals surface area contributed by atoms with Crippen molar-refractivity contribution in [2.45, 2.75) is 38.3 Å². The molecular weight excluding hydrogens is 435 g/mol. The van der Waals surface area contributed by atoms with E-state index in [1.807, 2.05) is 19.2 Å². The summed E-state index contributed by atoms with van der Waals surface area (Å²) in [5, 5.41) is 7.81. The molecule has 3 atom stereocenters. The molecular formula is C18H28ClIN4. The fourth-order valence-corrected chi connectivity index (χ4v) is 3.51. The van der Waals surface area contributed by atoms with Crippen LogP contribution in [0.25, 0.3) is 0 Å². The lowest BCUT2D eigenvalue weighted by Gasteiger charge is -2.29. The van der Waals surface area contributed by atoms with Crippen molar-refractivity contribution in [3.05, 3.63) is 34.9 Å². The average molecular weight is 463 g/mol. The third-order valence-corrected chi connectivity index (χ3v) is 5.17. The van der Waals surface area contributed by atoms with Gasteiger partial charge in [0.1, 0.15) is 0 Å². The molecule has 3 unspecified atom stereocenters. The first-order valence-corrected chi connectivity index (χ1v) is 9.02. The predicted molar refractivity (Wildman–Crippen MR) is 112 cm³/mol. The molecule has 2 aliphatic rings. The molecule has 1 heterocycles. The molecule has 2 fully saturated rings. The van der Waals surface area contributed by atoms with Crippen molar-refractivity contribution in [2.24, 2.45) is 10.9 Å². The Morgan fingerprint density at radius 2 is 2.08 bits per heavy atom. The number of rotatable bonds is 5. The van der Waals surface area contributed by atoms with E-state index in [2.05, 4.69) is 39.6 Å². The number of halogens is 2. The zero-order valence-corrected chi connectivity index (χ0v) is 17.6. The zero-order valence-electron chi connectivity index (χ0n) is 14.5. The van der Waals surface area contributed by atoms with Gasteiger partial charge >= 0.3 is 0 Å². The third kappa shape index (κ3) is 5.23. The van der Waals surface area contributed by atoms with Crippen LogP contribution in [0.1, 0.15) is 37.8 Å². The van der Waals surface area contributed by atoms with E-state index in [4.69, 9.17) is 11.6 Å². The van der Waals surface area contributed by atoms with E-state index >= 15 is 0 Å². The molecule has 3 rings (SSSR count). The van der Waals surface area contributed by atoms with Crippen LogP contribution in [0, 0.1) is 5.92 Å². The molecule has 1 aliphatic carbocycles. The number of hydrogen-bond donors (Lipinski definition) is 2. The van der Waals surface area contributed by atoms with Gasteiger partial charge in [-0.05, 0) is 56.0 Å². The number of nitrogens with zero attached hydrogens (tertiary/aromatic N) is 2. The quantitative estimate of drug-likeness (QED) is 0.398. The van der Waals surface area contributed by atoms with Gasteiger partial charge in [0.05, 0.1) is 6.04 Å². The maximum absolute atomic E-state index is 6.20. The summed E-state index contributed by atoms with van der Waals surface area (Å²) in [7, 11) is 1.84. The molecule has 1 saturated heterocycles. The van der Waals surface area contributed by atoms with Crippen LogP contribution in [0.4, 0.5) is 0 Å². The Kier molecular flexibility index (Phi) is 7.62. The Hall–Kier alpha value is -0.530. The first-order chi connectivity index (χ1) is 11.2. The highest BCUT2D eigenvalue weighted by atomic mass is 127. The van der Waals surface area contributed by atoms with Gasteiger partial charge in [0.25, 0.3) is 0 Å². The van der Waals surface area contributed by atoms with Crippen molar-refractivity contribution in [3.63, 3.8) is 0 Å². The van der Waals surface area contributed by atoms with Crippen LogP contribution in [0.5, 0.6) is 0 Å². The van der Waals surface area contributed by atoms with Crippen LogP contribution < -0.4 is 10.6 Å². The maximum atomic E-state index is 6.20. The number of nitrogens with one attached hydrogen (secondary N) is 2. The highest BCUT2D eigenvalue weighted by molar-refractivity contribution is 14.0. The third-order valence-electron chi connectivity index (χ3n) is 4.93. The number of hydrogen-bond acceptors (Lipinski definition) is 2. The Bertz CT molecular complexity index is 560. The van der Waals surface area contributed by atoms with E-state index < -0.39 is 0 Å². The second-order valence-electron chi connectivity index (χ2n) is 6.73. The van der Waals surface area contributed by atoms with E-state index in [0.29, 0.717) is 12.1 Å². The largest absolute Gasteiger partial charge is 0.354 e. The lowest BCUT2D eigenvalue weighted by molar-refractivity contribution is 0.245. The van der Waals surface area contributed by atoms with Gasteiger partial charge in [0.15, 0.2) is 5.96 Å². The van der Waals surface area contributed by atoms with Crippen molar-refractivity contribution in [1.82, 2.24) is 15.5 Å². The monoisotopic (exact) mass is 462 g/mol. The highest BCUT2D eigenvalue weighted by Gasteiger charge is 2.33. The van der Waals surface area contributed by atoms with Gasteiger partial charge in [0, 0.05) is 24.7 Å². The van der Waals surface area contributed by atoms with Crippen LogP contribution in [0.2, 0.25) is 5.02 Å². The molecule has 1 aromatic carbocycles. The zero-order chi connectivity index (χ0) is 16.2. The molecule has 0 spiro atoms. The number of aliphatic imine (C=N–C) groups is 1. The first-order valence-electron chi connectivity index (χ1n) is 8.64. The number of guanidine groups is 1. The summed E-state index contributed by atoms with van der Waals surface area (Å²) in [6.07, 6.45) is 3.80. The molecule has 0 radical (unpaired) electrons. The van der Waals surface area contributed by atoms with Gasteiger partial charge in [-0.3, -0.25) is 9.89 Å². The fraction of sp³-hybridized carbons (Fsp3) is 0.611. The standard InChI is InChI=1S/C18H27ClN4.HI/c1-13-10-16(13)22-18(20-2)21-12-17(23-8-3-4-9-23)14-6-5-7-15(19)11-14;/h5-7,11,13,16-17H,3-4,8-10,12H2,1-2H3,(H2,20,21,22);1H. The van der Waals surface area contributed by atoms with E-state index in [1.165, 1.54) is 24.8 Å². The Morgan fingerprint density at radius 3 is 2.67 bits per heavy atom. The second kappa shape index (κ2) is 9.25. The molecule has 1 saturated carbocycles. The average Bonchev–Trinajstić information content (AvgIpc) is 3.01. The van der Waals surface area contributed by atoms with Crippen LogP contribution in [-0.4, -0.2) is 43.6 Å². The minimum atomic E-state index is 0. The Balaban J connectivity index is 0.00000208. The molecule has 4 nitrogen and oxygen atoms in total. The van der Waals surface area contributed by atoms with E-state index in [1.54, 1.807) is 0 Å². The van der Waals surface area contributed by atoms with E-state index in [0.717, 1.165) is 36.5 Å². The molecule has 134 valence electrons. The van der Waals surface area contributed by atoms with Crippen molar-refractivity contribution >= 4 is 41.5 Å². The van der Waals surface area contributed by atoms with Gasteiger partial charge in [-0.1, -0.05) is 30.7 Å². The number of benzene rings is 1. The minimum Gasteiger partial charge on any atom is -0.354 e. The lowest BCUT2D eigenvalue weighted by Crippen LogP contribution is -2.43. The molecule has 2 N–H and O–H groups in total. The fourth-order valence-electron chi connectivity index (χ4n) is 3.31. The molecule has 0 bridgehead atoms. The molecule has 24 heavy (non-hydrogen) atoms. The molecule has 0 aromatic heterocycles. The van der Waals surface area contributed by atoms with Crippen LogP contribution >= 0.6 is 35.6 Å². The summed E-state index contributed by atoms with van der Waals surface area (Å²) in [6, 6.07) is 9.17. The SMILES string of the molecule is CN=C(NCC(c1cccc(Cl)c1)N1CCCC1)NC1CC1C.I. The lowest BCUT2D eigenvalue weighted by atomic mass is 10.1. The number of likely N-dealkylation sites (tertiary alicyclic amines) is 1. The molecule has 6 heteroatoms. The van der Waals surface area contributed by atoms with Gasteiger partial charge in [-0.2, -0.15) is 0 Å². The van der Waals surface area contributed by atoms with Crippen molar-refractivity contribution in [3.8, 4) is 0 Å². The summed E-state index contributed by atoms with van der Waals surface area (Å²) in [5.41, 5.74) is 1.28. The van der Waals surface area contributed by atoms with Crippen LogP contribution in [-0.2, 0) is 0 Å². The molecule has 0 amide bonds. The summed E-state index contributed by atoms with van der Waals surface area (Å²) >= 11 is 6.20. The van der Waals surface area contributed by atoms with Gasteiger partial charge in [-0.15, -0.1) is 24.0 Å². The Morgan fingerprint density at radius 1 is 1.38 bits per heavy atom. The van der Waals surface area contributed by atoms with Crippen molar-refractivity contribution in [1.29, 1.82) is 0 Å². The van der Waals surface area contributed by atoms with Gasteiger partial charge < -0.3 is 10.6 Å². The van der Waals surface area contributed by atoms with E-state index in [-0.39, 0.29) is 24.0 Å².